The number of methoxy groups -OCH3 is 1. The average Bonchev–Trinajstić information content (AvgIpc) is 2.75. The molecule has 0 bridgehead atoms. The predicted octanol–water partition coefficient (Wildman–Crippen LogP) is 2.33. The van der Waals surface area contributed by atoms with Crippen molar-refractivity contribution in [3.05, 3.63) is 40.0 Å². The lowest BCUT2D eigenvalue weighted by atomic mass is 10.1. The van der Waals surface area contributed by atoms with Crippen molar-refractivity contribution in [2.45, 2.75) is 34.2 Å². The van der Waals surface area contributed by atoms with E-state index in [0.717, 1.165) is 34.0 Å². The van der Waals surface area contributed by atoms with Gasteiger partial charge >= 0.3 is 0 Å². The molecule has 23 heavy (non-hydrogen) atoms. The predicted molar refractivity (Wildman–Crippen MR) is 88.7 cm³/mol. The van der Waals surface area contributed by atoms with Crippen LogP contribution in [-0.2, 0) is 13.6 Å². The number of ether oxygens (including phenoxy) is 1. The maximum absolute atomic E-state index is 12.8. The van der Waals surface area contributed by atoms with Crippen LogP contribution in [0, 0.1) is 27.7 Å². The Balaban J connectivity index is 2.29. The smallest absolute Gasteiger partial charge is 0.257 e. The molecular formula is C17H24N4O2. The quantitative estimate of drug-likeness (QED) is 0.868. The van der Waals surface area contributed by atoms with Crippen LogP contribution in [0.3, 0.4) is 0 Å². The summed E-state index contributed by atoms with van der Waals surface area (Å²) >= 11 is 0. The van der Waals surface area contributed by atoms with E-state index in [1.54, 1.807) is 29.9 Å². The Hall–Kier alpha value is -2.37. The summed E-state index contributed by atoms with van der Waals surface area (Å²) in [5, 5.41) is 4.31. The van der Waals surface area contributed by atoms with E-state index in [1.807, 2.05) is 34.7 Å². The number of nitrogens with zero attached hydrogens (tertiary/aromatic N) is 4. The standard InChI is InChI=1S/C17H24N4O2/c1-10-8-18-14(11(2)16(10)23-7)9-20(5)17(22)15-12(3)19-21(6)13(15)4/h8H,9H2,1-7H3. The van der Waals surface area contributed by atoms with Gasteiger partial charge in [-0.3, -0.25) is 14.5 Å². The van der Waals surface area contributed by atoms with Gasteiger partial charge in [-0.05, 0) is 27.7 Å². The van der Waals surface area contributed by atoms with Gasteiger partial charge in [0.15, 0.2) is 0 Å². The van der Waals surface area contributed by atoms with E-state index in [2.05, 4.69) is 10.1 Å². The molecule has 0 radical (unpaired) electrons. The molecule has 0 spiro atoms. The highest BCUT2D eigenvalue weighted by atomic mass is 16.5. The molecule has 2 aromatic heterocycles. The number of rotatable bonds is 4. The van der Waals surface area contributed by atoms with E-state index in [4.69, 9.17) is 4.74 Å². The summed E-state index contributed by atoms with van der Waals surface area (Å²) < 4.78 is 7.16. The summed E-state index contributed by atoms with van der Waals surface area (Å²) in [4.78, 5) is 18.9. The molecule has 0 aliphatic heterocycles. The summed E-state index contributed by atoms with van der Waals surface area (Å²) in [7, 11) is 5.27. The number of carbonyl (C=O) groups excluding carboxylic acids is 1. The number of carbonyl (C=O) groups is 1. The molecule has 6 heteroatoms. The minimum absolute atomic E-state index is 0.0474. The SMILES string of the molecule is COc1c(C)cnc(CN(C)C(=O)c2c(C)nn(C)c2C)c1C. The summed E-state index contributed by atoms with van der Waals surface area (Å²) in [5.41, 5.74) is 5.06. The zero-order chi connectivity index (χ0) is 17.3. The van der Waals surface area contributed by atoms with E-state index >= 15 is 0 Å². The van der Waals surface area contributed by atoms with Gasteiger partial charge in [0, 0.05) is 37.1 Å². The van der Waals surface area contributed by atoms with Crippen molar-refractivity contribution in [1.82, 2.24) is 19.7 Å². The lowest BCUT2D eigenvalue weighted by Crippen LogP contribution is -2.28. The minimum Gasteiger partial charge on any atom is -0.496 e. The van der Waals surface area contributed by atoms with Crippen LogP contribution in [0.5, 0.6) is 5.75 Å². The number of amides is 1. The largest absolute Gasteiger partial charge is 0.496 e. The van der Waals surface area contributed by atoms with Gasteiger partial charge in [0.1, 0.15) is 5.75 Å². The molecule has 2 heterocycles. The highest BCUT2D eigenvalue weighted by Gasteiger charge is 2.22. The first-order valence-electron chi connectivity index (χ1n) is 7.52. The topological polar surface area (TPSA) is 60.2 Å². The number of hydrogen-bond donors (Lipinski definition) is 0. The van der Waals surface area contributed by atoms with Crippen molar-refractivity contribution in [2.75, 3.05) is 14.2 Å². The van der Waals surface area contributed by atoms with E-state index in [0.29, 0.717) is 12.1 Å². The average molecular weight is 316 g/mol. The lowest BCUT2D eigenvalue weighted by Gasteiger charge is -2.19. The molecule has 0 aliphatic carbocycles. The van der Waals surface area contributed by atoms with Crippen LogP contribution in [0.15, 0.2) is 6.20 Å². The van der Waals surface area contributed by atoms with E-state index < -0.39 is 0 Å². The molecule has 0 aliphatic rings. The van der Waals surface area contributed by atoms with Crippen LogP contribution >= 0.6 is 0 Å². The Labute approximate surface area is 137 Å². The van der Waals surface area contributed by atoms with Crippen LogP contribution in [0.25, 0.3) is 0 Å². The van der Waals surface area contributed by atoms with Crippen molar-refractivity contribution in [3.63, 3.8) is 0 Å². The maximum Gasteiger partial charge on any atom is 0.257 e. The van der Waals surface area contributed by atoms with Crippen molar-refractivity contribution < 1.29 is 9.53 Å². The van der Waals surface area contributed by atoms with Crippen molar-refractivity contribution >= 4 is 5.91 Å². The fraction of sp³-hybridized carbons (Fsp3) is 0.471. The fourth-order valence-electron chi connectivity index (χ4n) is 2.80. The second kappa shape index (κ2) is 6.40. The van der Waals surface area contributed by atoms with Gasteiger partial charge in [-0.1, -0.05) is 0 Å². The van der Waals surface area contributed by atoms with E-state index in [1.165, 1.54) is 0 Å². The Morgan fingerprint density at radius 3 is 2.48 bits per heavy atom. The zero-order valence-corrected chi connectivity index (χ0v) is 14.9. The molecule has 2 aromatic rings. The van der Waals surface area contributed by atoms with Crippen molar-refractivity contribution in [1.29, 1.82) is 0 Å². The number of hydrogen-bond acceptors (Lipinski definition) is 4. The monoisotopic (exact) mass is 316 g/mol. The molecule has 0 N–H and O–H groups in total. The first-order chi connectivity index (χ1) is 10.8. The molecule has 0 atom stereocenters. The van der Waals surface area contributed by atoms with Crippen LogP contribution in [0.4, 0.5) is 0 Å². The number of aryl methyl sites for hydroxylation is 3. The first-order valence-corrected chi connectivity index (χ1v) is 7.52. The van der Waals surface area contributed by atoms with Crippen molar-refractivity contribution in [3.8, 4) is 5.75 Å². The van der Waals surface area contributed by atoms with Gasteiger partial charge < -0.3 is 9.64 Å². The molecule has 0 unspecified atom stereocenters. The summed E-state index contributed by atoms with van der Waals surface area (Å²) in [6.45, 7) is 8.11. The van der Waals surface area contributed by atoms with Gasteiger partial charge in [0.25, 0.3) is 5.91 Å². The van der Waals surface area contributed by atoms with Gasteiger partial charge in [0.05, 0.1) is 30.6 Å². The summed E-state index contributed by atoms with van der Waals surface area (Å²) in [6.07, 6.45) is 1.78. The third-order valence-electron chi connectivity index (χ3n) is 4.21. The molecule has 0 saturated carbocycles. The van der Waals surface area contributed by atoms with Gasteiger partial charge in [-0.2, -0.15) is 5.10 Å². The highest BCUT2D eigenvalue weighted by Crippen LogP contribution is 2.25. The Kier molecular flexibility index (Phi) is 4.73. The van der Waals surface area contributed by atoms with Crippen LogP contribution in [0.2, 0.25) is 0 Å². The first kappa shape index (κ1) is 17.0. The molecule has 124 valence electrons. The second-order valence-corrected chi connectivity index (χ2v) is 5.88. The zero-order valence-electron chi connectivity index (χ0n) is 14.9. The molecular weight excluding hydrogens is 292 g/mol. The molecule has 1 amide bonds. The normalized spacial score (nSPS) is 10.7. The fourth-order valence-corrected chi connectivity index (χ4v) is 2.80. The van der Waals surface area contributed by atoms with E-state index in [-0.39, 0.29) is 5.91 Å². The third kappa shape index (κ3) is 3.06. The third-order valence-corrected chi connectivity index (χ3v) is 4.21. The molecule has 0 saturated heterocycles. The Morgan fingerprint density at radius 2 is 1.96 bits per heavy atom. The maximum atomic E-state index is 12.8. The van der Waals surface area contributed by atoms with Gasteiger partial charge in [0.2, 0.25) is 0 Å². The Bertz CT molecular complexity index is 750. The molecule has 0 fully saturated rings. The van der Waals surface area contributed by atoms with Gasteiger partial charge in [-0.25, -0.2) is 0 Å². The van der Waals surface area contributed by atoms with Gasteiger partial charge in [-0.15, -0.1) is 0 Å². The van der Waals surface area contributed by atoms with Crippen LogP contribution in [-0.4, -0.2) is 39.7 Å². The lowest BCUT2D eigenvalue weighted by molar-refractivity contribution is 0.0781. The number of pyridine rings is 1. The summed E-state index contributed by atoms with van der Waals surface area (Å²) in [5.74, 6) is 0.776. The highest BCUT2D eigenvalue weighted by molar-refractivity contribution is 5.96. The second-order valence-electron chi connectivity index (χ2n) is 5.88. The van der Waals surface area contributed by atoms with E-state index in [9.17, 15) is 4.79 Å². The minimum atomic E-state index is -0.0474. The van der Waals surface area contributed by atoms with Crippen LogP contribution in [0.1, 0.15) is 38.6 Å². The molecule has 0 aromatic carbocycles. The Morgan fingerprint density at radius 1 is 1.30 bits per heavy atom. The molecule has 2 rings (SSSR count). The molecule has 6 nitrogen and oxygen atoms in total. The number of aromatic nitrogens is 3. The van der Waals surface area contributed by atoms with Crippen molar-refractivity contribution in [2.24, 2.45) is 7.05 Å². The summed E-state index contributed by atoms with van der Waals surface area (Å²) in [6, 6.07) is 0. The van der Waals surface area contributed by atoms with Crippen LogP contribution < -0.4 is 4.74 Å².